The molecule has 1 amide bonds. The Morgan fingerprint density at radius 1 is 1.27 bits per heavy atom. The summed E-state index contributed by atoms with van der Waals surface area (Å²) < 4.78 is 1.10. The van der Waals surface area contributed by atoms with E-state index in [2.05, 4.69) is 0 Å². The molecule has 0 saturated carbocycles. The van der Waals surface area contributed by atoms with Crippen molar-refractivity contribution in [2.75, 3.05) is 13.1 Å². The van der Waals surface area contributed by atoms with Gasteiger partial charge >= 0.3 is 101 Å². The molecular weight excluding hydrogens is 277 g/mol. The first-order valence-electron chi connectivity index (χ1n) is 4.90. The molecule has 0 heterocycles. The maximum absolute atomic E-state index is 11.9. The van der Waals surface area contributed by atoms with Crippen LogP contribution in [0.4, 0.5) is 0 Å². The third-order valence-electron chi connectivity index (χ3n) is 2.24. The monoisotopic (exact) mass is 291 g/mol. The van der Waals surface area contributed by atoms with Gasteiger partial charge in [-0.1, -0.05) is 0 Å². The number of carbonyl (C=O) groups is 1. The van der Waals surface area contributed by atoms with Gasteiger partial charge in [0.25, 0.3) is 0 Å². The van der Waals surface area contributed by atoms with Crippen LogP contribution in [0.25, 0.3) is 0 Å². The van der Waals surface area contributed by atoms with Crippen LogP contribution in [0.1, 0.15) is 24.2 Å². The Balaban J connectivity index is 2.82. The predicted octanol–water partition coefficient (Wildman–Crippen LogP) is 1.65. The molecule has 82 valence electrons. The fourth-order valence-electron chi connectivity index (χ4n) is 1.34. The molecule has 0 fully saturated rings. The van der Waals surface area contributed by atoms with Gasteiger partial charge in [-0.3, -0.25) is 0 Å². The Morgan fingerprint density at radius 2 is 1.80 bits per heavy atom. The molecule has 0 bridgehead atoms. The Labute approximate surface area is 101 Å². The van der Waals surface area contributed by atoms with E-state index in [0.717, 1.165) is 23.1 Å². The quantitative estimate of drug-likeness (QED) is 0.772. The summed E-state index contributed by atoms with van der Waals surface area (Å²) >= 11 is -0.0171. The van der Waals surface area contributed by atoms with Crippen molar-refractivity contribution < 1.29 is 4.79 Å². The molecule has 0 unspecified atom stereocenters. The summed E-state index contributed by atoms with van der Waals surface area (Å²) in [7, 11) is 5.74. The van der Waals surface area contributed by atoms with Gasteiger partial charge in [-0.25, -0.2) is 0 Å². The normalized spacial score (nSPS) is 10.1. The SMILES string of the molecule is CCN(CC)C(=O)c1ccc([Se]Cl)cc1. The van der Waals surface area contributed by atoms with Gasteiger partial charge in [-0.2, -0.15) is 0 Å². The van der Waals surface area contributed by atoms with E-state index in [9.17, 15) is 4.79 Å². The standard InChI is InChI=1S/C11H14ClNOSe/c1-3-13(4-2)11(14)9-5-7-10(15-12)8-6-9/h5-8H,3-4H2,1-2H3. The number of hydrogen-bond acceptors (Lipinski definition) is 1. The van der Waals surface area contributed by atoms with E-state index in [1.165, 1.54) is 0 Å². The summed E-state index contributed by atoms with van der Waals surface area (Å²) in [4.78, 5) is 13.7. The maximum atomic E-state index is 11.9. The van der Waals surface area contributed by atoms with Gasteiger partial charge < -0.3 is 0 Å². The number of hydrogen-bond donors (Lipinski definition) is 0. The molecule has 0 aliphatic heterocycles. The summed E-state index contributed by atoms with van der Waals surface area (Å²) in [5.41, 5.74) is 0.739. The van der Waals surface area contributed by atoms with Gasteiger partial charge in [0.15, 0.2) is 0 Å². The van der Waals surface area contributed by atoms with E-state index in [-0.39, 0.29) is 20.0 Å². The fraction of sp³-hybridized carbons (Fsp3) is 0.364. The first-order valence-corrected chi connectivity index (χ1v) is 8.01. The Kier molecular flexibility index (Phi) is 5.16. The first-order chi connectivity index (χ1) is 7.22. The van der Waals surface area contributed by atoms with Gasteiger partial charge in [0, 0.05) is 0 Å². The molecule has 1 aromatic carbocycles. The average molecular weight is 291 g/mol. The molecule has 0 saturated heterocycles. The van der Waals surface area contributed by atoms with Crippen molar-refractivity contribution in [1.29, 1.82) is 0 Å². The molecular formula is C11H14ClNOSe. The topological polar surface area (TPSA) is 20.3 Å². The molecule has 0 spiro atoms. The zero-order valence-electron chi connectivity index (χ0n) is 8.87. The molecule has 0 radical (unpaired) electrons. The molecule has 0 aliphatic rings. The first kappa shape index (κ1) is 12.6. The molecule has 4 heteroatoms. The van der Waals surface area contributed by atoms with Crippen LogP contribution in [-0.4, -0.2) is 37.9 Å². The zero-order chi connectivity index (χ0) is 11.3. The number of amides is 1. The summed E-state index contributed by atoms with van der Waals surface area (Å²) in [6.07, 6.45) is 0. The third-order valence-corrected chi connectivity index (χ3v) is 4.11. The predicted molar refractivity (Wildman–Crippen MR) is 64.9 cm³/mol. The number of nitrogens with zero attached hydrogens (tertiary/aromatic N) is 1. The van der Waals surface area contributed by atoms with Crippen LogP contribution in [0.5, 0.6) is 0 Å². The van der Waals surface area contributed by atoms with Crippen LogP contribution in [-0.2, 0) is 0 Å². The Bertz CT molecular complexity index is 322. The molecule has 1 aromatic rings. The van der Waals surface area contributed by atoms with E-state index < -0.39 is 0 Å². The second-order valence-corrected chi connectivity index (χ2v) is 5.19. The summed E-state index contributed by atoms with van der Waals surface area (Å²) in [6.45, 7) is 5.46. The molecule has 0 N–H and O–H groups in total. The van der Waals surface area contributed by atoms with Crippen molar-refractivity contribution in [1.82, 2.24) is 4.90 Å². The van der Waals surface area contributed by atoms with Crippen LogP contribution in [0.3, 0.4) is 0 Å². The number of carbonyl (C=O) groups excluding carboxylic acids is 1. The van der Waals surface area contributed by atoms with Crippen molar-refractivity contribution in [2.24, 2.45) is 0 Å². The summed E-state index contributed by atoms with van der Waals surface area (Å²) in [6, 6.07) is 7.54. The van der Waals surface area contributed by atoms with Crippen molar-refractivity contribution >= 4 is 34.5 Å². The van der Waals surface area contributed by atoms with E-state index in [0.29, 0.717) is 0 Å². The fourth-order valence-corrected chi connectivity index (χ4v) is 2.38. The van der Waals surface area contributed by atoms with Crippen molar-refractivity contribution in [2.45, 2.75) is 13.8 Å². The minimum absolute atomic E-state index is 0.0171. The van der Waals surface area contributed by atoms with Crippen LogP contribution in [0.2, 0.25) is 0 Å². The van der Waals surface area contributed by atoms with E-state index in [1.54, 1.807) is 4.90 Å². The Hall–Kier alpha value is -0.501. The van der Waals surface area contributed by atoms with Gasteiger partial charge in [0.05, 0.1) is 0 Å². The molecule has 0 aromatic heterocycles. The van der Waals surface area contributed by atoms with Crippen molar-refractivity contribution in [3.8, 4) is 0 Å². The molecule has 15 heavy (non-hydrogen) atoms. The van der Waals surface area contributed by atoms with Gasteiger partial charge in [0.1, 0.15) is 0 Å². The zero-order valence-corrected chi connectivity index (χ0v) is 11.3. The van der Waals surface area contributed by atoms with Crippen LogP contribution in [0.15, 0.2) is 24.3 Å². The van der Waals surface area contributed by atoms with Crippen molar-refractivity contribution in [3.05, 3.63) is 29.8 Å². The van der Waals surface area contributed by atoms with Gasteiger partial charge in [0.2, 0.25) is 0 Å². The minimum atomic E-state index is -0.0171. The molecule has 2 nitrogen and oxygen atoms in total. The third kappa shape index (κ3) is 3.23. The van der Waals surface area contributed by atoms with Crippen LogP contribution >= 0.6 is 10.1 Å². The van der Waals surface area contributed by atoms with Gasteiger partial charge in [-0.05, 0) is 0 Å². The van der Waals surface area contributed by atoms with E-state index >= 15 is 0 Å². The second-order valence-electron chi connectivity index (χ2n) is 3.08. The summed E-state index contributed by atoms with van der Waals surface area (Å²) in [5.74, 6) is 0.0913. The molecule has 0 aliphatic carbocycles. The van der Waals surface area contributed by atoms with E-state index in [4.69, 9.17) is 10.1 Å². The number of rotatable bonds is 4. The van der Waals surface area contributed by atoms with Crippen LogP contribution < -0.4 is 4.46 Å². The van der Waals surface area contributed by atoms with Gasteiger partial charge in [-0.15, -0.1) is 0 Å². The van der Waals surface area contributed by atoms with Crippen molar-refractivity contribution in [3.63, 3.8) is 0 Å². The Morgan fingerprint density at radius 3 is 2.20 bits per heavy atom. The number of halogens is 1. The van der Waals surface area contributed by atoms with Crippen LogP contribution in [0, 0.1) is 0 Å². The second kappa shape index (κ2) is 6.16. The summed E-state index contributed by atoms with van der Waals surface area (Å²) in [5, 5.41) is 0. The average Bonchev–Trinajstić information content (AvgIpc) is 2.30. The van der Waals surface area contributed by atoms with E-state index in [1.807, 2.05) is 38.1 Å². The molecule has 1 rings (SSSR count). The number of benzene rings is 1. The molecule has 0 atom stereocenters.